The van der Waals surface area contributed by atoms with E-state index >= 15 is 0 Å². The van der Waals surface area contributed by atoms with Gasteiger partial charge < -0.3 is 10.6 Å². The number of nitrogens with zero attached hydrogens (tertiary/aromatic N) is 1. The SMILES string of the molecule is CSc1ccc(C(=O)NCC(=O)Nc2cccc(C)c2C)cc1[N+](=O)[O-]. The lowest BCUT2D eigenvalue weighted by Gasteiger charge is -2.11. The van der Waals surface area contributed by atoms with Crippen LogP contribution in [0.25, 0.3) is 0 Å². The molecule has 0 radical (unpaired) electrons. The molecule has 0 spiro atoms. The van der Waals surface area contributed by atoms with Crippen molar-refractivity contribution < 1.29 is 14.5 Å². The number of thioether (sulfide) groups is 1. The van der Waals surface area contributed by atoms with E-state index in [2.05, 4.69) is 10.6 Å². The normalized spacial score (nSPS) is 10.3. The smallest absolute Gasteiger partial charge is 0.283 e. The lowest BCUT2D eigenvalue weighted by atomic mass is 10.1. The molecule has 2 aromatic rings. The van der Waals surface area contributed by atoms with Crippen molar-refractivity contribution in [2.45, 2.75) is 18.7 Å². The molecule has 2 N–H and O–H groups in total. The molecule has 2 aromatic carbocycles. The van der Waals surface area contributed by atoms with Gasteiger partial charge in [0.1, 0.15) is 0 Å². The Bertz CT molecular complexity index is 868. The van der Waals surface area contributed by atoms with Crippen molar-refractivity contribution in [3.8, 4) is 0 Å². The number of benzene rings is 2. The second-order valence-corrected chi connectivity index (χ2v) is 6.47. The van der Waals surface area contributed by atoms with Crippen LogP contribution in [0.15, 0.2) is 41.3 Å². The van der Waals surface area contributed by atoms with Gasteiger partial charge in [-0.25, -0.2) is 0 Å². The maximum atomic E-state index is 12.2. The molecule has 2 amide bonds. The van der Waals surface area contributed by atoms with Crippen LogP contribution in [0, 0.1) is 24.0 Å². The number of amides is 2. The highest BCUT2D eigenvalue weighted by Gasteiger charge is 2.17. The Kier molecular flexibility index (Phi) is 6.35. The van der Waals surface area contributed by atoms with Crippen LogP contribution < -0.4 is 10.6 Å². The number of aryl methyl sites for hydroxylation is 1. The number of rotatable bonds is 6. The summed E-state index contributed by atoms with van der Waals surface area (Å²) in [4.78, 5) is 35.2. The fourth-order valence-corrected chi connectivity index (χ4v) is 2.86. The van der Waals surface area contributed by atoms with Gasteiger partial charge in [-0.2, -0.15) is 0 Å². The molecule has 136 valence electrons. The Hall–Kier alpha value is -2.87. The summed E-state index contributed by atoms with van der Waals surface area (Å²) in [5, 5.41) is 16.3. The molecule has 0 fully saturated rings. The fourth-order valence-electron chi connectivity index (χ4n) is 2.32. The van der Waals surface area contributed by atoms with Crippen molar-refractivity contribution in [3.05, 3.63) is 63.2 Å². The molecule has 0 aliphatic rings. The summed E-state index contributed by atoms with van der Waals surface area (Å²) in [5.41, 5.74) is 2.69. The molecule has 0 heterocycles. The molecule has 0 saturated carbocycles. The van der Waals surface area contributed by atoms with Gasteiger partial charge in [0.05, 0.1) is 16.4 Å². The average Bonchev–Trinajstić information content (AvgIpc) is 2.62. The minimum absolute atomic E-state index is 0.133. The largest absolute Gasteiger partial charge is 0.343 e. The van der Waals surface area contributed by atoms with Crippen LogP contribution in [-0.4, -0.2) is 29.5 Å². The second kappa shape index (κ2) is 8.48. The lowest BCUT2D eigenvalue weighted by Crippen LogP contribution is -2.33. The van der Waals surface area contributed by atoms with Crippen LogP contribution in [-0.2, 0) is 4.79 Å². The van der Waals surface area contributed by atoms with Crippen molar-refractivity contribution in [2.24, 2.45) is 0 Å². The third-order valence-electron chi connectivity index (χ3n) is 3.93. The van der Waals surface area contributed by atoms with Crippen molar-refractivity contribution in [1.29, 1.82) is 0 Å². The Morgan fingerprint density at radius 2 is 1.92 bits per heavy atom. The van der Waals surface area contributed by atoms with E-state index in [1.165, 1.54) is 30.0 Å². The van der Waals surface area contributed by atoms with E-state index in [9.17, 15) is 19.7 Å². The quantitative estimate of drug-likeness (QED) is 0.460. The molecule has 0 unspecified atom stereocenters. The molecule has 0 aromatic heterocycles. The zero-order valence-electron chi connectivity index (χ0n) is 14.7. The molecule has 0 saturated heterocycles. The summed E-state index contributed by atoms with van der Waals surface area (Å²) < 4.78 is 0. The lowest BCUT2D eigenvalue weighted by molar-refractivity contribution is -0.387. The Balaban J connectivity index is 2.02. The van der Waals surface area contributed by atoms with Gasteiger partial charge in [-0.15, -0.1) is 11.8 Å². The van der Waals surface area contributed by atoms with Crippen LogP contribution >= 0.6 is 11.8 Å². The first-order valence-corrected chi connectivity index (χ1v) is 9.02. The topological polar surface area (TPSA) is 101 Å². The van der Waals surface area contributed by atoms with Crippen molar-refractivity contribution in [2.75, 3.05) is 18.1 Å². The predicted molar refractivity (Wildman–Crippen MR) is 102 cm³/mol. The number of nitro benzene ring substituents is 1. The van der Waals surface area contributed by atoms with E-state index < -0.39 is 10.8 Å². The van der Waals surface area contributed by atoms with Crippen LogP contribution in [0.1, 0.15) is 21.5 Å². The summed E-state index contributed by atoms with van der Waals surface area (Å²) in [6.45, 7) is 3.61. The first-order chi connectivity index (χ1) is 12.3. The number of carbonyl (C=O) groups excluding carboxylic acids is 2. The predicted octanol–water partition coefficient (Wildman–Crippen LogP) is 3.30. The molecular weight excluding hydrogens is 354 g/mol. The van der Waals surface area contributed by atoms with Gasteiger partial charge >= 0.3 is 0 Å². The number of nitrogens with one attached hydrogen (secondary N) is 2. The number of nitro groups is 1. The molecule has 8 heteroatoms. The monoisotopic (exact) mass is 373 g/mol. The van der Waals surface area contributed by atoms with Gasteiger partial charge in [-0.3, -0.25) is 19.7 Å². The van der Waals surface area contributed by atoms with Crippen molar-refractivity contribution in [1.82, 2.24) is 5.32 Å². The zero-order valence-corrected chi connectivity index (χ0v) is 15.5. The van der Waals surface area contributed by atoms with E-state index in [1.807, 2.05) is 26.0 Å². The average molecular weight is 373 g/mol. The van der Waals surface area contributed by atoms with Crippen LogP contribution in [0.2, 0.25) is 0 Å². The maximum absolute atomic E-state index is 12.2. The van der Waals surface area contributed by atoms with Crippen molar-refractivity contribution >= 4 is 35.0 Å². The number of anilines is 1. The first kappa shape index (κ1) is 19.5. The van der Waals surface area contributed by atoms with Gasteiger partial charge in [-0.05, 0) is 49.4 Å². The number of hydrogen-bond donors (Lipinski definition) is 2. The zero-order chi connectivity index (χ0) is 19.3. The Labute approximate surface area is 155 Å². The summed E-state index contributed by atoms with van der Waals surface area (Å²) in [6.07, 6.45) is 1.72. The van der Waals surface area contributed by atoms with Gasteiger partial charge in [0.15, 0.2) is 0 Å². The highest BCUT2D eigenvalue weighted by molar-refractivity contribution is 7.98. The van der Waals surface area contributed by atoms with Crippen molar-refractivity contribution in [3.63, 3.8) is 0 Å². The standard InChI is InChI=1S/C18H19N3O4S/c1-11-5-4-6-14(12(11)2)20-17(22)10-19-18(23)13-7-8-16(26-3)15(9-13)21(24)25/h4-9H,10H2,1-3H3,(H,19,23)(H,20,22). The minimum Gasteiger partial charge on any atom is -0.343 e. The summed E-state index contributed by atoms with van der Waals surface area (Å²) in [6, 6.07) is 9.79. The Morgan fingerprint density at radius 1 is 1.19 bits per heavy atom. The molecular formula is C18H19N3O4S. The summed E-state index contributed by atoms with van der Waals surface area (Å²) >= 11 is 1.23. The minimum atomic E-state index is -0.545. The van der Waals surface area contributed by atoms with Crippen LogP contribution in [0.5, 0.6) is 0 Å². The van der Waals surface area contributed by atoms with E-state index in [4.69, 9.17) is 0 Å². The molecule has 0 aliphatic heterocycles. The second-order valence-electron chi connectivity index (χ2n) is 5.62. The summed E-state index contributed by atoms with van der Waals surface area (Å²) in [7, 11) is 0. The fraction of sp³-hybridized carbons (Fsp3) is 0.222. The van der Waals surface area contributed by atoms with Crippen LogP contribution in [0.3, 0.4) is 0 Å². The highest BCUT2D eigenvalue weighted by Crippen LogP contribution is 2.28. The van der Waals surface area contributed by atoms with E-state index in [1.54, 1.807) is 12.3 Å². The Morgan fingerprint density at radius 3 is 2.58 bits per heavy atom. The van der Waals surface area contributed by atoms with E-state index in [0.717, 1.165) is 11.1 Å². The molecule has 26 heavy (non-hydrogen) atoms. The van der Waals surface area contributed by atoms with E-state index in [0.29, 0.717) is 10.6 Å². The van der Waals surface area contributed by atoms with Gasteiger partial charge in [0, 0.05) is 17.3 Å². The molecule has 0 aliphatic carbocycles. The number of hydrogen-bond acceptors (Lipinski definition) is 5. The van der Waals surface area contributed by atoms with Crippen LogP contribution in [0.4, 0.5) is 11.4 Å². The molecule has 0 atom stereocenters. The van der Waals surface area contributed by atoms with E-state index in [-0.39, 0.29) is 23.7 Å². The van der Waals surface area contributed by atoms with Gasteiger partial charge in [0.25, 0.3) is 11.6 Å². The van der Waals surface area contributed by atoms with Gasteiger partial charge in [-0.1, -0.05) is 12.1 Å². The molecule has 2 rings (SSSR count). The van der Waals surface area contributed by atoms with Gasteiger partial charge in [0.2, 0.25) is 5.91 Å². The molecule has 7 nitrogen and oxygen atoms in total. The molecule has 0 bridgehead atoms. The first-order valence-electron chi connectivity index (χ1n) is 7.80. The highest BCUT2D eigenvalue weighted by atomic mass is 32.2. The third-order valence-corrected chi connectivity index (χ3v) is 4.71. The maximum Gasteiger partial charge on any atom is 0.283 e. The third kappa shape index (κ3) is 4.60. The summed E-state index contributed by atoms with van der Waals surface area (Å²) in [5.74, 6) is -0.917. The number of carbonyl (C=O) groups is 2.